The van der Waals surface area contributed by atoms with E-state index < -0.39 is 267 Å². The summed E-state index contributed by atoms with van der Waals surface area (Å²) in [5, 5.41) is 230. The molecule has 6 fully saturated rings. The fourth-order valence-electron chi connectivity index (χ4n) is 10.0. The number of ether oxygens (including phenoxy) is 12. The van der Waals surface area contributed by atoms with Gasteiger partial charge >= 0.3 is 0 Å². The van der Waals surface area contributed by atoms with Crippen molar-refractivity contribution in [2.75, 3.05) is 46.2 Å². The highest BCUT2D eigenvalue weighted by Gasteiger charge is 2.56. The summed E-state index contributed by atoms with van der Waals surface area (Å²) in [5.41, 5.74) is 0. The summed E-state index contributed by atoms with van der Waals surface area (Å²) in [5.74, 6) is -1.72. The Bertz CT molecular complexity index is 1990. The average Bonchev–Trinajstić information content (AvgIpc) is 3.14. The van der Waals surface area contributed by atoms with Gasteiger partial charge < -0.3 is 175 Å². The molecule has 0 saturated carbocycles. The molecule has 23 N–H and O–H groups in total. The van der Waals surface area contributed by atoms with Gasteiger partial charge in [-0.05, 0) is 6.92 Å². The van der Waals surface area contributed by atoms with Crippen molar-refractivity contribution in [2.24, 2.45) is 0 Å². The van der Waals surface area contributed by atoms with Gasteiger partial charge in [-0.15, -0.1) is 0 Å². The summed E-state index contributed by atoms with van der Waals surface area (Å²) in [6, 6.07) is -3.55. The van der Waals surface area contributed by atoms with Gasteiger partial charge in [0.25, 0.3) is 0 Å². The third-order valence-electron chi connectivity index (χ3n) is 14.9. The van der Waals surface area contributed by atoms with Gasteiger partial charge in [0, 0.05) is 13.8 Å². The van der Waals surface area contributed by atoms with Gasteiger partial charge in [0.2, 0.25) is 11.8 Å². The minimum Gasteiger partial charge on any atom is -0.394 e. The average molecular weight is 1220 g/mol. The van der Waals surface area contributed by atoms with E-state index in [0.29, 0.717) is 0 Å². The smallest absolute Gasteiger partial charge is 0.217 e. The predicted octanol–water partition coefficient (Wildman–Crippen LogP) is -15.3. The second kappa shape index (κ2) is 30.7. The van der Waals surface area contributed by atoms with Crippen LogP contribution in [0.2, 0.25) is 0 Å². The molecule has 0 aromatic carbocycles. The maximum atomic E-state index is 12.8. The van der Waals surface area contributed by atoms with Crippen LogP contribution in [0.15, 0.2) is 0 Å². The summed E-state index contributed by atoms with van der Waals surface area (Å²) in [4.78, 5) is 24.9. The molecule has 2 amide bonds. The lowest BCUT2D eigenvalue weighted by Crippen LogP contribution is -2.69. The predicted molar refractivity (Wildman–Crippen MR) is 256 cm³/mol. The lowest BCUT2D eigenvalue weighted by molar-refractivity contribution is -0.383. The fourth-order valence-corrected chi connectivity index (χ4v) is 10.0. The van der Waals surface area contributed by atoms with E-state index in [0.717, 1.165) is 13.8 Å². The van der Waals surface area contributed by atoms with Crippen LogP contribution in [0, 0.1) is 0 Å². The molecule has 83 heavy (non-hydrogen) atoms. The zero-order valence-electron chi connectivity index (χ0n) is 44.7. The number of hydrogen-bond acceptors (Lipinski definition) is 35. The number of carbonyl (C=O) groups is 2. The van der Waals surface area contributed by atoms with Crippen LogP contribution in [0.25, 0.3) is 0 Å². The van der Waals surface area contributed by atoms with Gasteiger partial charge in [-0.3, -0.25) is 9.59 Å². The highest BCUT2D eigenvalue weighted by atomic mass is 16.8. The number of amides is 2. The maximum Gasteiger partial charge on any atom is 0.217 e. The molecule has 6 aliphatic heterocycles. The van der Waals surface area contributed by atoms with Gasteiger partial charge in [0.1, 0.15) is 159 Å². The Kier molecular flexibility index (Phi) is 25.8. The van der Waals surface area contributed by atoms with Crippen molar-refractivity contribution in [3.63, 3.8) is 0 Å². The third-order valence-corrected chi connectivity index (χ3v) is 14.9. The number of aliphatic hydroxyl groups is 21. The molecule has 6 unspecified atom stereocenters. The fraction of sp³-hybridized carbons (Fsp3) is 0.957. The first kappa shape index (κ1) is 69.7. The van der Waals surface area contributed by atoms with E-state index in [4.69, 9.17) is 56.8 Å². The monoisotopic (exact) mass is 1220 g/mol. The van der Waals surface area contributed by atoms with E-state index in [-0.39, 0.29) is 0 Å². The zero-order valence-corrected chi connectivity index (χ0v) is 44.7. The van der Waals surface area contributed by atoms with Crippen molar-refractivity contribution in [3.05, 3.63) is 0 Å². The maximum absolute atomic E-state index is 12.8. The second-order valence-electron chi connectivity index (χ2n) is 20.9. The van der Waals surface area contributed by atoms with Crippen molar-refractivity contribution in [1.82, 2.24) is 10.6 Å². The Balaban J connectivity index is 1.25. The van der Waals surface area contributed by atoms with Crippen molar-refractivity contribution in [3.8, 4) is 0 Å². The van der Waals surface area contributed by atoms with Crippen LogP contribution in [-0.4, -0.2) is 374 Å². The zero-order chi connectivity index (χ0) is 61.6. The van der Waals surface area contributed by atoms with Crippen molar-refractivity contribution < 1.29 is 174 Å². The normalized spacial score (nSPS) is 46.8. The SMILES string of the molecule is CC(=O)N[C@@H](CO)[C@@H](O)[C@H](OC1O[C@H](CO)[C@@H](OC2O[C@H](COC3O[C@H](COC4O[C@H](CO)[C@@H](O)[C@H](O)[C@@H]4O)[C@@H](O)[C@H](O)[C@@H]3O)[C@@H](O)[C@H](OC3O[C@H](CO)[C@@H](O)[C@H](O)[C@@H]3O)[C@@H]2O)[C@H](O)[C@H]1NC(C)=O)[C@H](O)COC1O[C@@H](C)[C@@H](O)[C@@H](O)[C@@H]1O. The Morgan fingerprint density at radius 3 is 1.37 bits per heavy atom. The molecule has 0 radical (unpaired) electrons. The van der Waals surface area contributed by atoms with E-state index in [1.54, 1.807) is 0 Å². The molecule has 34 atom stereocenters. The molecule has 0 aromatic heterocycles. The number of aliphatic hydroxyl groups excluding tert-OH is 21. The molecule has 484 valence electrons. The van der Waals surface area contributed by atoms with Gasteiger partial charge in [-0.2, -0.15) is 0 Å². The summed E-state index contributed by atoms with van der Waals surface area (Å²) in [6.07, 6.45) is -61.9. The van der Waals surface area contributed by atoms with Gasteiger partial charge in [-0.1, -0.05) is 0 Å². The first-order valence-electron chi connectivity index (χ1n) is 26.4. The Morgan fingerprint density at radius 2 is 0.867 bits per heavy atom. The van der Waals surface area contributed by atoms with Crippen LogP contribution >= 0.6 is 0 Å². The Hall–Kier alpha value is -2.38. The van der Waals surface area contributed by atoms with Crippen LogP contribution in [0.4, 0.5) is 0 Å². The highest BCUT2D eigenvalue weighted by molar-refractivity contribution is 5.73. The molecular formula is C46H80N2O35. The largest absolute Gasteiger partial charge is 0.394 e. The molecule has 6 rings (SSSR count). The van der Waals surface area contributed by atoms with Crippen LogP contribution in [0.3, 0.4) is 0 Å². The molecule has 0 spiro atoms. The lowest BCUT2D eigenvalue weighted by Gasteiger charge is -2.49. The minimum absolute atomic E-state index is 0.798. The molecule has 37 nitrogen and oxygen atoms in total. The summed E-state index contributed by atoms with van der Waals surface area (Å²) < 4.78 is 68.0. The molecule has 0 aliphatic carbocycles. The molecule has 0 bridgehead atoms. The second-order valence-corrected chi connectivity index (χ2v) is 20.9. The highest BCUT2D eigenvalue weighted by Crippen LogP contribution is 2.35. The molecule has 37 heteroatoms. The topological polar surface area (TPSA) is 594 Å². The van der Waals surface area contributed by atoms with Crippen molar-refractivity contribution in [1.29, 1.82) is 0 Å². The van der Waals surface area contributed by atoms with E-state index in [1.807, 2.05) is 0 Å². The number of hydrogen-bond donors (Lipinski definition) is 23. The van der Waals surface area contributed by atoms with Crippen LogP contribution in [0.1, 0.15) is 20.8 Å². The number of rotatable bonds is 24. The third kappa shape index (κ3) is 16.1. The summed E-state index contributed by atoms with van der Waals surface area (Å²) in [7, 11) is 0. The van der Waals surface area contributed by atoms with E-state index in [9.17, 15) is 117 Å². The molecule has 6 saturated heterocycles. The van der Waals surface area contributed by atoms with Gasteiger partial charge in [0.15, 0.2) is 37.7 Å². The van der Waals surface area contributed by atoms with Crippen LogP contribution < -0.4 is 10.6 Å². The van der Waals surface area contributed by atoms with Gasteiger partial charge in [-0.25, -0.2) is 0 Å². The van der Waals surface area contributed by atoms with Crippen LogP contribution in [-0.2, 0) is 66.4 Å². The molecular weight excluding hydrogens is 1140 g/mol. The minimum atomic E-state index is -2.33. The Labute approximate surface area is 471 Å². The van der Waals surface area contributed by atoms with Crippen molar-refractivity contribution >= 4 is 11.8 Å². The Morgan fingerprint density at radius 1 is 0.446 bits per heavy atom. The molecule has 0 aromatic rings. The number of carbonyl (C=O) groups excluding carboxylic acids is 2. The van der Waals surface area contributed by atoms with Crippen LogP contribution in [0.5, 0.6) is 0 Å². The van der Waals surface area contributed by atoms with E-state index in [2.05, 4.69) is 10.6 Å². The van der Waals surface area contributed by atoms with Crippen molar-refractivity contribution in [2.45, 2.75) is 229 Å². The summed E-state index contributed by atoms with van der Waals surface area (Å²) in [6.45, 7) is -3.42. The number of nitrogens with one attached hydrogen (secondary N) is 2. The van der Waals surface area contributed by atoms with E-state index >= 15 is 0 Å². The summed E-state index contributed by atoms with van der Waals surface area (Å²) >= 11 is 0. The standard InChI is InChI=1S/C46H80N2O35/c1-11-22(56)29(63)33(67)42(75-11)72-8-15(55)38(23(57)14(4-49)47-12(2)53)81-41-21(48-13(3)54)28(62)39(18(7-52)78-41)82-46-37(71)40(83-45-36(70)31(65)25(59)17(6-51)77-45)27(61)20(80-46)10-74-44-35(69)32(66)26(60)19(79-44)9-73-43-34(68)30(64)24(58)16(5-50)76-43/h11,14-46,49-52,55-71H,4-10H2,1-3H3,(H,47,53)(H,48,54)/t11-,14-,15+,16+,17+,18+,19+,20+,21+,22+,23+,24+,25+,26+,27+,28+,29+,30-,31-,32-,33-,34-,35-,36-,37-,38+,39+,40-,41?,42?,43?,44?,45?,46?/m0/s1. The quantitative estimate of drug-likeness (QED) is 0.0427. The molecule has 6 heterocycles. The molecule has 6 aliphatic rings. The lowest BCUT2D eigenvalue weighted by atomic mass is 9.94. The van der Waals surface area contributed by atoms with E-state index in [1.165, 1.54) is 6.92 Å². The first-order valence-corrected chi connectivity index (χ1v) is 26.4. The first-order chi connectivity index (χ1) is 39.1. The van der Waals surface area contributed by atoms with Gasteiger partial charge in [0.05, 0.1) is 58.4 Å².